The first kappa shape index (κ1) is 14.9. The summed E-state index contributed by atoms with van der Waals surface area (Å²) in [4.78, 5) is 0. The minimum absolute atomic E-state index is 0.00977. The summed E-state index contributed by atoms with van der Waals surface area (Å²) in [5.74, 6) is 0. The van der Waals surface area contributed by atoms with Crippen LogP contribution >= 0.6 is 0 Å². The lowest BCUT2D eigenvalue weighted by molar-refractivity contribution is 0.521. The van der Waals surface area contributed by atoms with E-state index in [1.807, 2.05) is 13.8 Å². The molecule has 0 rings (SSSR count). The van der Waals surface area contributed by atoms with Gasteiger partial charge in [0.1, 0.15) is 0 Å². The smallest absolute Gasteiger partial charge is 0.215 e. The molecule has 0 spiro atoms. The molecule has 0 aliphatic rings. The largest absolute Gasteiger partial charge is 0.329 e. The summed E-state index contributed by atoms with van der Waals surface area (Å²) in [6, 6.07) is 0.00977. The third kappa shape index (κ3) is 5.49. The Morgan fingerprint density at radius 1 is 1.33 bits per heavy atom. The van der Waals surface area contributed by atoms with Crippen molar-refractivity contribution in [2.24, 2.45) is 5.73 Å². The van der Waals surface area contributed by atoms with Gasteiger partial charge in [-0.2, -0.15) is 0 Å². The molecule has 0 fully saturated rings. The van der Waals surface area contributed by atoms with E-state index in [0.717, 1.165) is 19.3 Å². The predicted molar refractivity (Wildman–Crippen MR) is 64.2 cm³/mol. The molecule has 92 valence electrons. The van der Waals surface area contributed by atoms with Gasteiger partial charge >= 0.3 is 0 Å². The molecular formula is C10H24N2O2S. The molecule has 4 nitrogen and oxygen atoms in total. The number of nitrogens with two attached hydrogens (primary N) is 1. The standard InChI is InChI=1S/C10H24N2O2S/c1-4-6-7-9(3)12-15(13,14)10(5-2)8-11/h9-10,12H,4-8,11H2,1-3H3. The van der Waals surface area contributed by atoms with Crippen LogP contribution in [0, 0.1) is 0 Å². The van der Waals surface area contributed by atoms with Gasteiger partial charge in [-0.3, -0.25) is 0 Å². The van der Waals surface area contributed by atoms with Crippen molar-refractivity contribution >= 4 is 10.0 Å². The van der Waals surface area contributed by atoms with Gasteiger partial charge in [-0.1, -0.05) is 26.7 Å². The fourth-order valence-corrected chi connectivity index (χ4v) is 3.02. The van der Waals surface area contributed by atoms with Crippen LogP contribution in [0.4, 0.5) is 0 Å². The highest BCUT2D eigenvalue weighted by molar-refractivity contribution is 7.90. The molecule has 3 N–H and O–H groups in total. The molecule has 0 aromatic rings. The van der Waals surface area contributed by atoms with Crippen LogP contribution in [0.25, 0.3) is 0 Å². The van der Waals surface area contributed by atoms with Gasteiger partial charge in [-0.05, 0) is 19.8 Å². The summed E-state index contributed by atoms with van der Waals surface area (Å²) < 4.78 is 26.2. The van der Waals surface area contributed by atoms with Gasteiger partial charge in [-0.25, -0.2) is 13.1 Å². The van der Waals surface area contributed by atoms with Crippen LogP contribution in [0.1, 0.15) is 46.5 Å². The van der Waals surface area contributed by atoms with E-state index in [4.69, 9.17) is 5.73 Å². The van der Waals surface area contributed by atoms with Gasteiger partial charge in [0.15, 0.2) is 0 Å². The zero-order chi connectivity index (χ0) is 11.9. The maximum atomic E-state index is 11.8. The van der Waals surface area contributed by atoms with Crippen LogP contribution in [-0.4, -0.2) is 26.3 Å². The van der Waals surface area contributed by atoms with E-state index in [9.17, 15) is 8.42 Å². The first-order valence-corrected chi connectivity index (χ1v) is 7.23. The predicted octanol–water partition coefficient (Wildman–Crippen LogP) is 1.22. The van der Waals surface area contributed by atoms with E-state index in [1.54, 1.807) is 0 Å². The van der Waals surface area contributed by atoms with E-state index >= 15 is 0 Å². The highest BCUT2D eigenvalue weighted by atomic mass is 32.2. The number of rotatable bonds is 8. The molecule has 0 aliphatic heterocycles. The molecule has 0 bridgehead atoms. The highest BCUT2D eigenvalue weighted by Gasteiger charge is 2.23. The first-order chi connectivity index (χ1) is 6.97. The minimum atomic E-state index is -3.23. The molecule has 0 aliphatic carbocycles. The molecule has 15 heavy (non-hydrogen) atoms. The van der Waals surface area contributed by atoms with Crippen molar-refractivity contribution in [3.05, 3.63) is 0 Å². The van der Waals surface area contributed by atoms with Crippen LogP contribution < -0.4 is 10.5 Å². The zero-order valence-electron chi connectivity index (χ0n) is 9.99. The van der Waals surface area contributed by atoms with Crippen molar-refractivity contribution in [1.82, 2.24) is 4.72 Å². The molecule has 0 saturated heterocycles. The van der Waals surface area contributed by atoms with E-state index in [1.165, 1.54) is 0 Å². The van der Waals surface area contributed by atoms with Gasteiger partial charge in [-0.15, -0.1) is 0 Å². The van der Waals surface area contributed by atoms with Crippen molar-refractivity contribution in [3.63, 3.8) is 0 Å². The van der Waals surface area contributed by atoms with Gasteiger partial charge in [0, 0.05) is 12.6 Å². The minimum Gasteiger partial charge on any atom is -0.329 e. The topological polar surface area (TPSA) is 72.2 Å². The van der Waals surface area contributed by atoms with Crippen LogP contribution in [0.5, 0.6) is 0 Å². The number of sulfonamides is 1. The summed E-state index contributed by atoms with van der Waals surface area (Å²) in [7, 11) is -3.23. The summed E-state index contributed by atoms with van der Waals surface area (Å²) in [5.41, 5.74) is 5.43. The highest BCUT2D eigenvalue weighted by Crippen LogP contribution is 2.06. The number of hydrogen-bond donors (Lipinski definition) is 2. The second-order valence-corrected chi connectivity index (χ2v) is 5.96. The van der Waals surface area contributed by atoms with Gasteiger partial charge in [0.2, 0.25) is 10.0 Å². The van der Waals surface area contributed by atoms with Crippen molar-refractivity contribution in [1.29, 1.82) is 0 Å². The normalized spacial score (nSPS) is 16.3. The van der Waals surface area contributed by atoms with Crippen molar-refractivity contribution in [3.8, 4) is 0 Å². The number of unbranched alkanes of at least 4 members (excludes halogenated alkanes) is 1. The van der Waals surface area contributed by atoms with E-state index in [0.29, 0.717) is 6.42 Å². The van der Waals surface area contributed by atoms with Gasteiger partial charge in [0.05, 0.1) is 5.25 Å². The van der Waals surface area contributed by atoms with E-state index < -0.39 is 15.3 Å². The lowest BCUT2D eigenvalue weighted by Gasteiger charge is -2.18. The number of hydrogen-bond acceptors (Lipinski definition) is 3. The molecule has 0 heterocycles. The monoisotopic (exact) mass is 236 g/mol. The first-order valence-electron chi connectivity index (χ1n) is 5.69. The Labute approximate surface area is 93.7 Å². The van der Waals surface area contributed by atoms with Crippen molar-refractivity contribution in [2.75, 3.05) is 6.54 Å². The third-order valence-corrected chi connectivity index (χ3v) is 4.65. The summed E-state index contributed by atoms with van der Waals surface area (Å²) in [6.45, 7) is 6.02. The van der Waals surface area contributed by atoms with E-state index in [-0.39, 0.29) is 12.6 Å². The van der Waals surface area contributed by atoms with Crippen molar-refractivity contribution < 1.29 is 8.42 Å². The average Bonchev–Trinajstić information content (AvgIpc) is 2.15. The van der Waals surface area contributed by atoms with Gasteiger partial charge < -0.3 is 5.73 Å². The molecule has 0 radical (unpaired) electrons. The molecule has 0 aromatic heterocycles. The summed E-state index contributed by atoms with van der Waals surface area (Å²) >= 11 is 0. The average molecular weight is 236 g/mol. The SMILES string of the molecule is CCCCC(C)NS(=O)(=O)C(CC)CN. The molecule has 0 saturated carbocycles. The van der Waals surface area contributed by atoms with Crippen LogP contribution in [0.15, 0.2) is 0 Å². The third-order valence-electron chi connectivity index (χ3n) is 2.51. The quantitative estimate of drug-likeness (QED) is 0.665. The Morgan fingerprint density at radius 3 is 2.33 bits per heavy atom. The molecule has 0 amide bonds. The second-order valence-electron chi connectivity index (χ2n) is 3.97. The maximum Gasteiger partial charge on any atom is 0.215 e. The lowest BCUT2D eigenvalue weighted by atomic mass is 10.2. The van der Waals surface area contributed by atoms with Crippen LogP contribution in [0.3, 0.4) is 0 Å². The van der Waals surface area contributed by atoms with E-state index in [2.05, 4.69) is 11.6 Å². The summed E-state index contributed by atoms with van der Waals surface area (Å²) in [6.07, 6.45) is 3.58. The molecule has 2 unspecified atom stereocenters. The van der Waals surface area contributed by atoms with Gasteiger partial charge in [0.25, 0.3) is 0 Å². The Kier molecular flexibility index (Phi) is 7.13. The molecule has 2 atom stereocenters. The lowest BCUT2D eigenvalue weighted by Crippen LogP contribution is -2.42. The number of nitrogens with one attached hydrogen (secondary N) is 1. The maximum absolute atomic E-state index is 11.8. The Balaban J connectivity index is 4.24. The fraction of sp³-hybridized carbons (Fsp3) is 1.00. The molecule has 0 aromatic carbocycles. The van der Waals surface area contributed by atoms with Crippen LogP contribution in [0.2, 0.25) is 0 Å². The van der Waals surface area contributed by atoms with Crippen LogP contribution in [-0.2, 0) is 10.0 Å². The molecule has 5 heteroatoms. The molecular weight excluding hydrogens is 212 g/mol. The second kappa shape index (κ2) is 7.19. The Morgan fingerprint density at radius 2 is 1.93 bits per heavy atom. The summed E-state index contributed by atoms with van der Waals surface area (Å²) in [5, 5.41) is -0.457. The fourth-order valence-electron chi connectivity index (χ4n) is 1.46. The Bertz CT molecular complexity index is 248. The Hall–Kier alpha value is -0.130. The zero-order valence-corrected chi connectivity index (χ0v) is 10.8. The van der Waals surface area contributed by atoms with Crippen molar-refractivity contribution in [2.45, 2.75) is 57.7 Å².